The number of aliphatic hydroxyl groups is 3. The molecule has 8 aliphatic rings. The van der Waals surface area contributed by atoms with Gasteiger partial charge in [0.05, 0.1) is 48.7 Å². The zero-order valence-corrected chi connectivity index (χ0v) is 67.8. The summed E-state index contributed by atoms with van der Waals surface area (Å²) in [6, 6.07) is -1.26. The van der Waals surface area contributed by atoms with Gasteiger partial charge in [0, 0.05) is 109 Å². The molecule has 0 aromatic rings. The van der Waals surface area contributed by atoms with Gasteiger partial charge in [-0.05, 0) is 172 Å². The monoisotopic (exact) mass is 1540 g/mol. The van der Waals surface area contributed by atoms with Gasteiger partial charge in [0.15, 0.2) is 11.5 Å². The maximum absolute atomic E-state index is 14.9. The average Bonchev–Trinajstić information content (AvgIpc) is 1.17. The predicted octanol–water partition coefficient (Wildman–Crippen LogP) is 9.21. The zero-order valence-electron chi connectivity index (χ0n) is 67.8. The van der Waals surface area contributed by atoms with E-state index < -0.39 is 166 Å². The van der Waals surface area contributed by atoms with Crippen molar-refractivity contribution < 1.29 is 111 Å². The summed E-state index contributed by atoms with van der Waals surface area (Å²) >= 11 is 0. The fourth-order valence-electron chi connectivity index (χ4n) is 18.3. The molecule has 0 aromatic heterocycles. The Hall–Kier alpha value is -7.04. The van der Waals surface area contributed by atoms with Crippen LogP contribution in [0.1, 0.15) is 185 Å². The molecule has 3 N–H and O–H groups in total. The molecule has 3 saturated heterocycles. The van der Waals surface area contributed by atoms with E-state index in [1.54, 1.807) is 66.0 Å². The maximum atomic E-state index is 14.9. The first-order chi connectivity index (χ1) is 52.0. The Morgan fingerprint density at radius 1 is 0.782 bits per heavy atom. The van der Waals surface area contributed by atoms with E-state index >= 15 is 0 Å². The van der Waals surface area contributed by atoms with Crippen LogP contribution in [0.25, 0.3) is 0 Å². The Morgan fingerprint density at radius 2 is 1.49 bits per heavy atom. The minimum Gasteiger partial charge on any atom is -0.504 e. The number of ketones is 4. The lowest BCUT2D eigenvalue weighted by Gasteiger charge is -2.54. The SMILES string of the molecule is COC[C@H]1OC(=O)/C(=C\N(C)CCCN(C)C)C2=C(O)C(=O)C3=C([C@H](OC(C)=O)C[C@]4(C)[C@@H](OC(=O)CCC(=O)O[C@@H]5CC[C@@H](C[C@@H](C)[C@@H]6CC(=O)[C@H](C)/C=C(\C)[C@@H](O)[C@@H](OC)C(=O)[C@H](C)C[C@H](C)/C=C/C=C/C=C(\C)[C@@H](OC)C[C@@H]7CC[C@@H](C)[C@@](O)(O7)C(=O)C(=O)N7CCCC[C@H]7C(=O)O6)C[C@H]5OC)CC[C@@H]34)[C@]21C. The standard InChI is InChI=1S/C84H123N3O23/c1-47-24-19-18-20-25-48(2)62(102-15)42-56-29-27-53(7)84(100,110-56)78(96)79(97)87-37-22-21-26-59(87)81(99)107-63(43-60(89)49(3)39-52(6)74(93)77(104-17)73(92)51(5)38-47)50(4)40-55-28-31-61(64(41-55)103-16)106-68(90)33-34-69(91)108-66-32-30-58-70-72(65(105-54(8)88)44-82(58,66)9)83(10)67(46-101-14)109-80(98)57(71(83)76(95)75(70)94)45-86(13)36-23-35-85(11)12/h18-20,24-25,39,45,47,49-51,53,55-56,58-59,61-67,74,77,93,95,100H,21-23,26-38,40-44,46H2,1-17H3/b20-18+,24-19+,48-25+,52-39+,57-45-/t47-,49-,50-,51-,53-,55+,56+,58+,59+,61-,62+,63+,64-,65-,66+,67-,74-,77+,82+,83+,84-/m1/s1. The number of amides is 1. The first-order valence-electron chi connectivity index (χ1n) is 39.5. The number of fused-ring (bicyclic) bond motifs is 7. The van der Waals surface area contributed by atoms with E-state index in [-0.39, 0.29) is 98.2 Å². The molecule has 110 heavy (non-hydrogen) atoms. The third kappa shape index (κ3) is 20.3. The number of hydrogen-bond donors (Lipinski definition) is 3. The van der Waals surface area contributed by atoms with E-state index in [0.717, 1.165) is 23.4 Å². The van der Waals surface area contributed by atoms with Gasteiger partial charge in [-0.15, -0.1) is 0 Å². The van der Waals surface area contributed by atoms with Crippen molar-refractivity contribution in [2.75, 3.05) is 75.8 Å². The molecule has 1 amide bonds. The lowest BCUT2D eigenvalue weighted by Crippen LogP contribution is -2.61. The van der Waals surface area contributed by atoms with Gasteiger partial charge in [-0.3, -0.25) is 38.4 Å². The fraction of sp³-hybridized carbons (Fsp3) is 0.714. The van der Waals surface area contributed by atoms with Crippen LogP contribution >= 0.6 is 0 Å². The van der Waals surface area contributed by atoms with Crippen LogP contribution in [0.4, 0.5) is 0 Å². The third-order valence-electron chi connectivity index (χ3n) is 24.6. The van der Waals surface area contributed by atoms with Gasteiger partial charge in [-0.2, -0.15) is 0 Å². The van der Waals surface area contributed by atoms with Crippen LogP contribution in [0.15, 0.2) is 81.9 Å². The van der Waals surface area contributed by atoms with E-state index in [1.165, 1.54) is 28.3 Å². The van der Waals surface area contributed by atoms with E-state index in [9.17, 15) is 63.3 Å². The lowest BCUT2D eigenvalue weighted by atomic mass is 9.53. The summed E-state index contributed by atoms with van der Waals surface area (Å²) in [6.45, 7) is 18.5. The van der Waals surface area contributed by atoms with Gasteiger partial charge >= 0.3 is 29.8 Å². The number of rotatable bonds is 19. The molecular weight excluding hydrogens is 1420 g/mol. The molecule has 26 heteroatoms. The first kappa shape index (κ1) is 88.5. The highest BCUT2D eigenvalue weighted by Crippen LogP contribution is 2.64. The molecule has 4 heterocycles. The van der Waals surface area contributed by atoms with E-state index in [1.807, 2.05) is 77.1 Å². The summed E-state index contributed by atoms with van der Waals surface area (Å²) in [6.07, 6.45) is 8.10. The van der Waals surface area contributed by atoms with Gasteiger partial charge in [-0.25, -0.2) is 9.59 Å². The van der Waals surface area contributed by atoms with Crippen LogP contribution in [0.2, 0.25) is 0 Å². The highest BCUT2D eigenvalue weighted by molar-refractivity contribution is 6.39. The molecule has 0 spiro atoms. The number of carbonyl (C=O) groups is 10. The van der Waals surface area contributed by atoms with Gasteiger partial charge < -0.3 is 77.4 Å². The molecule has 0 aromatic carbocycles. The maximum Gasteiger partial charge on any atom is 0.340 e. The Balaban J connectivity index is 0.960. The van der Waals surface area contributed by atoms with Crippen molar-refractivity contribution in [2.45, 2.75) is 258 Å². The molecule has 4 aliphatic carbocycles. The number of piperidine rings is 1. The van der Waals surface area contributed by atoms with Gasteiger partial charge in [0.1, 0.15) is 54.6 Å². The molecule has 2 saturated carbocycles. The number of ether oxygens (including phenoxy) is 10. The van der Waals surface area contributed by atoms with Gasteiger partial charge in [0.2, 0.25) is 11.6 Å². The summed E-state index contributed by atoms with van der Waals surface area (Å²) < 4.78 is 60.3. The summed E-state index contributed by atoms with van der Waals surface area (Å²) in [5.74, 6) is -13.9. The minimum absolute atomic E-state index is 0.00527. The normalized spacial score (nSPS) is 37.0. The second-order valence-corrected chi connectivity index (χ2v) is 33.1. The number of Topliss-reactive ketones (excluding diaryl/α,β-unsaturated/α-hetero) is 4. The molecule has 0 unspecified atom stereocenters. The predicted molar refractivity (Wildman–Crippen MR) is 405 cm³/mol. The Bertz CT molecular complexity index is 3610. The molecule has 5 fully saturated rings. The minimum atomic E-state index is -2.52. The van der Waals surface area contributed by atoms with Crippen molar-refractivity contribution in [3.05, 3.63) is 81.9 Å². The highest BCUT2D eigenvalue weighted by atomic mass is 16.6. The summed E-state index contributed by atoms with van der Waals surface area (Å²) in [4.78, 5) is 147. The molecule has 8 rings (SSSR count). The van der Waals surface area contributed by atoms with E-state index in [0.29, 0.717) is 81.9 Å². The molecule has 4 aliphatic heterocycles. The van der Waals surface area contributed by atoms with Gasteiger partial charge in [-0.1, -0.05) is 78.0 Å². The van der Waals surface area contributed by atoms with Crippen LogP contribution in [0, 0.1) is 52.3 Å². The third-order valence-corrected chi connectivity index (χ3v) is 24.6. The zero-order chi connectivity index (χ0) is 81.0. The van der Waals surface area contributed by atoms with E-state index in [4.69, 9.17) is 47.4 Å². The Kier molecular flexibility index (Phi) is 31.1. The summed E-state index contributed by atoms with van der Waals surface area (Å²) in [7, 11) is 11.5. The van der Waals surface area contributed by atoms with Crippen LogP contribution < -0.4 is 0 Å². The van der Waals surface area contributed by atoms with Crippen LogP contribution in [0.5, 0.6) is 0 Å². The number of aliphatic hydroxyl groups excluding tert-OH is 2. The summed E-state index contributed by atoms with van der Waals surface area (Å²) in [5, 5.41) is 36.1. The largest absolute Gasteiger partial charge is 0.504 e. The van der Waals surface area contributed by atoms with Gasteiger partial charge in [0.25, 0.3) is 11.7 Å². The Labute approximate surface area is 649 Å². The van der Waals surface area contributed by atoms with Crippen molar-refractivity contribution in [3.63, 3.8) is 0 Å². The second-order valence-electron chi connectivity index (χ2n) is 33.1. The van der Waals surface area contributed by atoms with Crippen LogP contribution in [-0.2, 0) is 95.3 Å². The Morgan fingerprint density at radius 3 is 2.15 bits per heavy atom. The van der Waals surface area contributed by atoms with Crippen molar-refractivity contribution >= 4 is 58.9 Å². The first-order valence-corrected chi connectivity index (χ1v) is 39.5. The smallest absolute Gasteiger partial charge is 0.340 e. The molecule has 26 nitrogen and oxygen atoms in total. The second kappa shape index (κ2) is 38.7. The topological polar surface area (TPSA) is 333 Å². The molecule has 21 atom stereocenters. The number of hydrogen-bond acceptors (Lipinski definition) is 25. The molecule has 2 bridgehead atoms. The number of nitrogens with zero attached hydrogens (tertiary/aromatic N) is 3. The summed E-state index contributed by atoms with van der Waals surface area (Å²) in [5.41, 5.74) is -0.654. The fourth-order valence-corrected chi connectivity index (χ4v) is 18.3. The quantitative estimate of drug-likeness (QED) is 0.0356. The number of allylic oxidation sites excluding steroid dienone is 7. The van der Waals surface area contributed by atoms with Crippen molar-refractivity contribution in [1.29, 1.82) is 0 Å². The average molecular weight is 1540 g/mol. The molecular formula is C84H123N3O23. The number of carbonyl (C=O) groups excluding carboxylic acids is 10. The number of methoxy groups -OCH3 is 4. The lowest BCUT2D eigenvalue weighted by molar-refractivity contribution is -0.265. The van der Waals surface area contributed by atoms with Crippen molar-refractivity contribution in [1.82, 2.24) is 14.7 Å². The number of esters is 5. The molecule has 612 valence electrons. The van der Waals surface area contributed by atoms with Crippen LogP contribution in [-0.4, -0.2) is 238 Å². The molecule has 0 radical (unpaired) electrons. The highest BCUT2D eigenvalue weighted by Gasteiger charge is 2.66. The number of cyclic esters (lactones) is 2. The van der Waals surface area contributed by atoms with E-state index in [2.05, 4.69) is 0 Å². The van der Waals surface area contributed by atoms with Crippen LogP contribution in [0.3, 0.4) is 0 Å². The van der Waals surface area contributed by atoms with Crippen molar-refractivity contribution in [2.24, 2.45) is 52.3 Å². The van der Waals surface area contributed by atoms with Crippen molar-refractivity contribution in [3.8, 4) is 0 Å².